The fourth-order valence-electron chi connectivity index (χ4n) is 1.67. The van der Waals surface area contributed by atoms with Crippen LogP contribution in [-0.2, 0) is 4.79 Å². The fourth-order valence-corrected chi connectivity index (χ4v) is 2.69. The molecule has 0 radical (unpaired) electrons. The van der Waals surface area contributed by atoms with Crippen molar-refractivity contribution in [2.24, 2.45) is 0 Å². The summed E-state index contributed by atoms with van der Waals surface area (Å²) in [6, 6.07) is 3.96. The van der Waals surface area contributed by atoms with Crippen LogP contribution in [-0.4, -0.2) is 34.9 Å². The molecule has 1 aromatic rings. The summed E-state index contributed by atoms with van der Waals surface area (Å²) in [4.78, 5) is 24.6. The van der Waals surface area contributed by atoms with Gasteiger partial charge in [-0.2, -0.15) is 0 Å². The first-order valence-electron chi connectivity index (χ1n) is 5.73. The van der Waals surface area contributed by atoms with E-state index < -0.39 is 5.82 Å². The lowest BCUT2D eigenvalue weighted by molar-refractivity contribution is -0.116. The highest BCUT2D eigenvalue weighted by Gasteiger charge is 2.21. The third-order valence-corrected chi connectivity index (χ3v) is 3.78. The van der Waals surface area contributed by atoms with Crippen molar-refractivity contribution in [3.63, 3.8) is 0 Å². The van der Waals surface area contributed by atoms with E-state index >= 15 is 0 Å². The van der Waals surface area contributed by atoms with Crippen LogP contribution < -0.4 is 5.32 Å². The van der Waals surface area contributed by atoms with Gasteiger partial charge < -0.3 is 10.2 Å². The molecule has 1 aliphatic heterocycles. The Morgan fingerprint density at radius 2 is 2.32 bits per heavy atom. The number of carbonyl (C=O) groups is 2. The molecule has 0 bridgehead atoms. The summed E-state index contributed by atoms with van der Waals surface area (Å²) >= 11 is 6.97. The summed E-state index contributed by atoms with van der Waals surface area (Å²) in [5.41, 5.74) is 0.0552. The van der Waals surface area contributed by atoms with Crippen LogP contribution in [0.4, 0.5) is 14.9 Å². The van der Waals surface area contributed by atoms with E-state index in [0.29, 0.717) is 18.1 Å². The molecule has 19 heavy (non-hydrogen) atoms. The van der Waals surface area contributed by atoms with Crippen LogP contribution in [0.15, 0.2) is 18.2 Å². The van der Waals surface area contributed by atoms with Crippen molar-refractivity contribution in [1.29, 1.82) is 0 Å². The Hall–Kier alpha value is -1.27. The normalized spacial score (nSPS) is 14.8. The van der Waals surface area contributed by atoms with Crippen molar-refractivity contribution < 1.29 is 14.0 Å². The number of hydrogen-bond acceptors (Lipinski definition) is 3. The molecule has 0 unspecified atom stereocenters. The summed E-state index contributed by atoms with van der Waals surface area (Å²) in [5, 5.41) is 2.78. The standard InChI is InChI=1S/C12H12ClFN2O2S/c13-8-1-2-9(14)10(7-8)15-11(17)3-4-16-5-6-19-12(16)18/h1-2,7H,3-6H2,(H,15,17). The second-order valence-electron chi connectivity index (χ2n) is 4.02. The van der Waals surface area contributed by atoms with Gasteiger partial charge in [0.25, 0.3) is 5.24 Å². The monoisotopic (exact) mass is 302 g/mol. The minimum atomic E-state index is -0.537. The quantitative estimate of drug-likeness (QED) is 0.930. The van der Waals surface area contributed by atoms with Gasteiger partial charge in [-0.1, -0.05) is 23.4 Å². The first-order valence-corrected chi connectivity index (χ1v) is 7.09. The van der Waals surface area contributed by atoms with Crippen LogP contribution in [0, 0.1) is 5.82 Å². The number of halogens is 2. The molecule has 1 N–H and O–H groups in total. The lowest BCUT2D eigenvalue weighted by Crippen LogP contribution is -2.27. The molecular weight excluding hydrogens is 291 g/mol. The fraction of sp³-hybridized carbons (Fsp3) is 0.333. The number of carbonyl (C=O) groups excluding carboxylic acids is 2. The van der Waals surface area contributed by atoms with Gasteiger partial charge in [-0.15, -0.1) is 0 Å². The second-order valence-corrected chi connectivity index (χ2v) is 5.51. The molecule has 1 aliphatic rings. The Morgan fingerprint density at radius 3 is 3.00 bits per heavy atom. The molecule has 1 aromatic carbocycles. The van der Waals surface area contributed by atoms with Crippen LogP contribution >= 0.6 is 23.4 Å². The van der Waals surface area contributed by atoms with Crippen LogP contribution in [0.5, 0.6) is 0 Å². The predicted molar refractivity (Wildman–Crippen MR) is 74.1 cm³/mol. The second kappa shape index (κ2) is 6.25. The van der Waals surface area contributed by atoms with Crippen molar-refractivity contribution in [2.45, 2.75) is 6.42 Å². The lowest BCUT2D eigenvalue weighted by Gasteiger charge is -2.14. The van der Waals surface area contributed by atoms with E-state index in [-0.39, 0.29) is 23.3 Å². The van der Waals surface area contributed by atoms with E-state index in [1.54, 1.807) is 4.90 Å². The smallest absolute Gasteiger partial charge is 0.281 e. The number of rotatable bonds is 4. The van der Waals surface area contributed by atoms with Gasteiger partial charge in [-0.25, -0.2) is 4.39 Å². The van der Waals surface area contributed by atoms with E-state index in [4.69, 9.17) is 11.6 Å². The topological polar surface area (TPSA) is 49.4 Å². The molecule has 0 aliphatic carbocycles. The molecular formula is C12H12ClFN2O2S. The highest BCUT2D eigenvalue weighted by Crippen LogP contribution is 2.20. The summed E-state index contributed by atoms with van der Waals surface area (Å²) in [6.45, 7) is 1.00. The molecule has 0 atom stereocenters. The zero-order valence-corrected chi connectivity index (χ0v) is 11.6. The van der Waals surface area contributed by atoms with Crippen LogP contribution in [0.3, 0.4) is 0 Å². The molecule has 1 heterocycles. The average Bonchev–Trinajstić information content (AvgIpc) is 2.77. The number of amides is 2. The van der Waals surface area contributed by atoms with E-state index in [1.165, 1.54) is 30.0 Å². The average molecular weight is 303 g/mol. The zero-order valence-electron chi connectivity index (χ0n) is 9.99. The van der Waals surface area contributed by atoms with Gasteiger partial charge in [0.05, 0.1) is 5.69 Å². The summed E-state index contributed by atoms with van der Waals surface area (Å²) < 4.78 is 13.4. The van der Waals surface area contributed by atoms with Gasteiger partial charge in [-0.05, 0) is 18.2 Å². The van der Waals surface area contributed by atoms with Crippen molar-refractivity contribution in [1.82, 2.24) is 4.90 Å². The molecule has 7 heteroatoms. The van der Waals surface area contributed by atoms with Gasteiger partial charge in [0, 0.05) is 30.3 Å². The number of thioether (sulfide) groups is 1. The van der Waals surface area contributed by atoms with Crippen molar-refractivity contribution in [2.75, 3.05) is 24.2 Å². The number of hydrogen-bond donors (Lipinski definition) is 1. The number of benzene rings is 1. The molecule has 0 aromatic heterocycles. The minimum Gasteiger partial charge on any atom is -0.332 e. The molecule has 0 saturated carbocycles. The van der Waals surface area contributed by atoms with Crippen LogP contribution in [0.1, 0.15) is 6.42 Å². The SMILES string of the molecule is O=C(CCN1CCSC1=O)Nc1cc(Cl)ccc1F. The van der Waals surface area contributed by atoms with Gasteiger partial charge in [0.2, 0.25) is 5.91 Å². The van der Waals surface area contributed by atoms with Crippen molar-refractivity contribution >= 4 is 40.2 Å². The molecule has 4 nitrogen and oxygen atoms in total. The third kappa shape index (κ3) is 3.84. The summed E-state index contributed by atoms with van der Waals surface area (Å²) in [6.07, 6.45) is 0.137. The number of anilines is 1. The minimum absolute atomic E-state index is 0.0123. The predicted octanol–water partition coefficient (Wildman–Crippen LogP) is 2.98. The first kappa shape index (κ1) is 14.1. The molecule has 1 saturated heterocycles. The Kier molecular flexibility index (Phi) is 4.66. The maximum atomic E-state index is 13.4. The van der Waals surface area contributed by atoms with Crippen LogP contribution in [0.2, 0.25) is 5.02 Å². The molecule has 0 spiro atoms. The molecule has 1 fully saturated rings. The van der Waals surface area contributed by atoms with Crippen LogP contribution in [0.25, 0.3) is 0 Å². The van der Waals surface area contributed by atoms with Gasteiger partial charge in [0.15, 0.2) is 0 Å². The maximum Gasteiger partial charge on any atom is 0.281 e. The largest absolute Gasteiger partial charge is 0.332 e. The number of nitrogens with zero attached hydrogens (tertiary/aromatic N) is 1. The first-order chi connectivity index (χ1) is 9.06. The number of nitrogens with one attached hydrogen (secondary N) is 1. The Balaban J connectivity index is 1.87. The highest BCUT2D eigenvalue weighted by molar-refractivity contribution is 8.13. The van der Waals surface area contributed by atoms with E-state index in [0.717, 1.165) is 5.75 Å². The van der Waals surface area contributed by atoms with Crippen molar-refractivity contribution in [3.05, 3.63) is 29.0 Å². The van der Waals surface area contributed by atoms with E-state index in [2.05, 4.69) is 5.32 Å². The Bertz CT molecular complexity index is 513. The molecule has 2 amide bonds. The van der Waals surface area contributed by atoms with Gasteiger partial charge in [-0.3, -0.25) is 9.59 Å². The van der Waals surface area contributed by atoms with Crippen molar-refractivity contribution in [3.8, 4) is 0 Å². The van der Waals surface area contributed by atoms with Gasteiger partial charge in [0.1, 0.15) is 5.82 Å². The Labute approximate surface area is 119 Å². The molecule has 2 rings (SSSR count). The van der Waals surface area contributed by atoms with Gasteiger partial charge >= 0.3 is 0 Å². The lowest BCUT2D eigenvalue weighted by atomic mass is 10.3. The van der Waals surface area contributed by atoms with E-state index in [9.17, 15) is 14.0 Å². The molecule has 102 valence electrons. The highest BCUT2D eigenvalue weighted by atomic mass is 35.5. The Morgan fingerprint density at radius 1 is 1.53 bits per heavy atom. The third-order valence-electron chi connectivity index (χ3n) is 2.66. The summed E-state index contributed by atoms with van der Waals surface area (Å²) in [5.74, 6) is -0.125. The summed E-state index contributed by atoms with van der Waals surface area (Å²) in [7, 11) is 0. The van der Waals surface area contributed by atoms with E-state index in [1.807, 2.05) is 0 Å². The maximum absolute atomic E-state index is 13.4. The zero-order chi connectivity index (χ0) is 13.8.